The van der Waals surface area contributed by atoms with Gasteiger partial charge in [-0.2, -0.15) is 5.26 Å². The van der Waals surface area contributed by atoms with Gasteiger partial charge in [0.15, 0.2) is 0 Å². The van der Waals surface area contributed by atoms with E-state index in [9.17, 15) is 10.1 Å². The Bertz CT molecular complexity index is 996. The molecule has 1 N–H and O–H groups in total. The molecule has 0 aliphatic heterocycles. The molecule has 3 rings (SSSR count). The van der Waals surface area contributed by atoms with E-state index in [2.05, 4.69) is 42.4 Å². The topological polar surface area (TPSA) is 74.2 Å². The van der Waals surface area contributed by atoms with Gasteiger partial charge in [-0.05, 0) is 43.8 Å². The molecule has 144 valence electrons. The predicted octanol–water partition coefficient (Wildman–Crippen LogP) is 3.63. The summed E-state index contributed by atoms with van der Waals surface area (Å²) in [5.74, 6) is 0.475. The van der Waals surface area contributed by atoms with Crippen molar-refractivity contribution in [3.8, 4) is 12.0 Å². The fourth-order valence-corrected chi connectivity index (χ4v) is 3.09. The molecule has 0 saturated carbocycles. The molecule has 0 aliphatic carbocycles. The molecule has 0 spiro atoms. The van der Waals surface area contributed by atoms with Crippen LogP contribution in [0.3, 0.4) is 0 Å². The zero-order valence-corrected chi connectivity index (χ0v) is 16.4. The maximum atomic E-state index is 12.8. The lowest BCUT2D eigenvalue weighted by Crippen LogP contribution is -2.24. The zero-order chi connectivity index (χ0) is 20.1. The van der Waals surface area contributed by atoms with E-state index in [1.54, 1.807) is 23.9 Å². The van der Waals surface area contributed by atoms with E-state index < -0.39 is 0 Å². The first-order valence-corrected chi connectivity index (χ1v) is 9.24. The average molecular weight is 376 g/mol. The monoisotopic (exact) mass is 376 g/mol. The third kappa shape index (κ3) is 4.16. The summed E-state index contributed by atoms with van der Waals surface area (Å²) in [6, 6.07) is 13.9. The van der Waals surface area contributed by atoms with Crippen LogP contribution >= 0.6 is 0 Å². The van der Waals surface area contributed by atoms with Crippen LogP contribution in [0.2, 0.25) is 0 Å². The summed E-state index contributed by atoms with van der Waals surface area (Å²) < 4.78 is 7.39. The van der Waals surface area contributed by atoms with E-state index in [1.807, 2.05) is 24.3 Å². The lowest BCUT2D eigenvalue weighted by molar-refractivity contribution is 0.0949. The smallest absolute Gasteiger partial charge is 0.256 e. The highest BCUT2D eigenvalue weighted by Gasteiger charge is 2.24. The molecular formula is C22H24N4O2. The van der Waals surface area contributed by atoms with E-state index in [4.69, 9.17) is 4.42 Å². The number of aryl methyl sites for hydroxylation is 1. The van der Waals surface area contributed by atoms with Crippen LogP contribution in [0.5, 0.6) is 0 Å². The first-order chi connectivity index (χ1) is 13.5. The highest BCUT2D eigenvalue weighted by atomic mass is 16.4. The van der Waals surface area contributed by atoms with Crippen molar-refractivity contribution in [1.82, 2.24) is 14.8 Å². The number of nitrogens with zero attached hydrogens (tertiary/aromatic N) is 3. The Hall–Kier alpha value is -3.30. The number of aromatic nitrogens is 1. The molecule has 2 aromatic heterocycles. The first-order valence-electron chi connectivity index (χ1n) is 9.24. The second-order valence-corrected chi connectivity index (χ2v) is 6.75. The molecule has 0 aliphatic rings. The molecule has 0 unspecified atom stereocenters. The Balaban J connectivity index is 1.76. The number of amides is 1. The minimum absolute atomic E-state index is 0.240. The molecule has 0 radical (unpaired) electrons. The minimum Gasteiger partial charge on any atom is -0.443 e. The Morgan fingerprint density at radius 2 is 1.96 bits per heavy atom. The molecule has 28 heavy (non-hydrogen) atoms. The number of carbonyl (C=O) groups is 1. The molecule has 0 bridgehead atoms. The second kappa shape index (κ2) is 8.59. The number of nitrogens with one attached hydrogen (secondary N) is 1. The fourth-order valence-electron chi connectivity index (χ4n) is 3.09. The fraction of sp³-hybridized carbons (Fsp3) is 0.273. The van der Waals surface area contributed by atoms with Gasteiger partial charge >= 0.3 is 0 Å². The zero-order valence-electron chi connectivity index (χ0n) is 16.4. The maximum absolute atomic E-state index is 12.8. The molecule has 6 nitrogen and oxygen atoms in total. The SMILES string of the molecule is CCN(C)Cc1cccc(CNC(=O)c2c(C)oc(-n3cccc3)c2C#N)c1. The summed E-state index contributed by atoms with van der Waals surface area (Å²) in [7, 11) is 2.07. The van der Waals surface area contributed by atoms with Crippen molar-refractivity contribution in [3.63, 3.8) is 0 Å². The van der Waals surface area contributed by atoms with Crippen LogP contribution in [0.1, 0.15) is 39.7 Å². The lowest BCUT2D eigenvalue weighted by atomic mass is 10.1. The van der Waals surface area contributed by atoms with Gasteiger partial charge in [-0.1, -0.05) is 31.2 Å². The van der Waals surface area contributed by atoms with Gasteiger partial charge in [0.25, 0.3) is 5.91 Å². The molecular weight excluding hydrogens is 352 g/mol. The number of furan rings is 1. The van der Waals surface area contributed by atoms with Crippen LogP contribution in [0.4, 0.5) is 0 Å². The van der Waals surface area contributed by atoms with E-state index >= 15 is 0 Å². The van der Waals surface area contributed by atoms with Crippen molar-refractivity contribution in [3.05, 3.63) is 76.8 Å². The molecule has 1 aromatic carbocycles. The van der Waals surface area contributed by atoms with Crippen LogP contribution < -0.4 is 5.32 Å². The highest BCUT2D eigenvalue weighted by Crippen LogP contribution is 2.25. The Labute approximate surface area is 165 Å². The normalized spacial score (nSPS) is 10.8. The van der Waals surface area contributed by atoms with Crippen LogP contribution in [-0.2, 0) is 13.1 Å². The molecule has 6 heteroatoms. The van der Waals surface area contributed by atoms with Gasteiger partial charge < -0.3 is 14.6 Å². The highest BCUT2D eigenvalue weighted by molar-refractivity contribution is 5.98. The number of carbonyl (C=O) groups excluding carboxylic acids is 1. The quantitative estimate of drug-likeness (QED) is 0.683. The third-order valence-corrected chi connectivity index (χ3v) is 4.68. The Kier molecular flexibility index (Phi) is 5.97. The first kappa shape index (κ1) is 19.5. The Morgan fingerprint density at radius 3 is 2.64 bits per heavy atom. The van der Waals surface area contributed by atoms with Crippen molar-refractivity contribution >= 4 is 5.91 Å². The molecule has 3 aromatic rings. The summed E-state index contributed by atoms with van der Waals surface area (Å²) in [5, 5.41) is 12.5. The number of hydrogen-bond donors (Lipinski definition) is 1. The van der Waals surface area contributed by atoms with Crippen molar-refractivity contribution in [2.24, 2.45) is 0 Å². The van der Waals surface area contributed by atoms with Crippen molar-refractivity contribution in [2.75, 3.05) is 13.6 Å². The molecule has 0 saturated heterocycles. The van der Waals surface area contributed by atoms with Gasteiger partial charge in [0.1, 0.15) is 23.0 Å². The Morgan fingerprint density at radius 1 is 1.25 bits per heavy atom. The standard InChI is InChI=1S/C22H24N4O2/c1-4-25(3)15-18-9-7-8-17(12-18)14-24-21(27)20-16(2)28-22(19(20)13-23)26-10-5-6-11-26/h5-12H,4,14-15H2,1-3H3,(H,24,27). The number of rotatable bonds is 7. The van der Waals surface area contributed by atoms with Gasteiger partial charge in [0.05, 0.1) is 0 Å². The van der Waals surface area contributed by atoms with Gasteiger partial charge in [0, 0.05) is 25.5 Å². The van der Waals surface area contributed by atoms with Crippen molar-refractivity contribution in [1.29, 1.82) is 5.26 Å². The van der Waals surface area contributed by atoms with Gasteiger partial charge in [-0.25, -0.2) is 0 Å². The van der Waals surface area contributed by atoms with Gasteiger partial charge in [-0.15, -0.1) is 0 Å². The molecule has 1 amide bonds. The summed E-state index contributed by atoms with van der Waals surface area (Å²) >= 11 is 0. The van der Waals surface area contributed by atoms with E-state index in [0.717, 1.165) is 18.7 Å². The minimum atomic E-state index is -0.313. The molecule has 2 heterocycles. The van der Waals surface area contributed by atoms with E-state index in [1.165, 1.54) is 5.56 Å². The number of nitriles is 1. The largest absolute Gasteiger partial charge is 0.443 e. The summed E-state index contributed by atoms with van der Waals surface area (Å²) in [6.07, 6.45) is 3.55. The predicted molar refractivity (Wildman–Crippen MR) is 107 cm³/mol. The lowest BCUT2D eigenvalue weighted by Gasteiger charge is -2.14. The van der Waals surface area contributed by atoms with Crippen LogP contribution in [0.15, 0.2) is 53.2 Å². The number of benzene rings is 1. The van der Waals surface area contributed by atoms with E-state index in [-0.39, 0.29) is 17.0 Å². The third-order valence-electron chi connectivity index (χ3n) is 4.68. The molecule has 0 fully saturated rings. The second-order valence-electron chi connectivity index (χ2n) is 6.75. The van der Waals surface area contributed by atoms with Crippen LogP contribution in [0.25, 0.3) is 5.88 Å². The maximum Gasteiger partial charge on any atom is 0.256 e. The molecule has 0 atom stereocenters. The summed E-state index contributed by atoms with van der Waals surface area (Å²) in [4.78, 5) is 15.0. The van der Waals surface area contributed by atoms with Crippen LogP contribution in [-0.4, -0.2) is 29.0 Å². The summed E-state index contributed by atoms with van der Waals surface area (Å²) in [6.45, 7) is 6.03. The van der Waals surface area contributed by atoms with Crippen molar-refractivity contribution in [2.45, 2.75) is 26.9 Å². The number of hydrogen-bond acceptors (Lipinski definition) is 4. The summed E-state index contributed by atoms with van der Waals surface area (Å²) in [5.41, 5.74) is 2.74. The average Bonchev–Trinajstić information content (AvgIpc) is 3.33. The van der Waals surface area contributed by atoms with Gasteiger partial charge in [-0.3, -0.25) is 9.36 Å². The van der Waals surface area contributed by atoms with Crippen molar-refractivity contribution < 1.29 is 9.21 Å². The van der Waals surface area contributed by atoms with Gasteiger partial charge in [0.2, 0.25) is 5.88 Å². The van der Waals surface area contributed by atoms with E-state index in [0.29, 0.717) is 18.2 Å². The van der Waals surface area contributed by atoms with Crippen LogP contribution in [0, 0.1) is 18.3 Å².